The van der Waals surface area contributed by atoms with E-state index < -0.39 is 5.82 Å². The Labute approximate surface area is 249 Å². The van der Waals surface area contributed by atoms with E-state index in [1.54, 1.807) is 15.6 Å². The van der Waals surface area contributed by atoms with Crippen molar-refractivity contribution in [1.82, 2.24) is 29.5 Å². The van der Waals surface area contributed by atoms with Crippen molar-refractivity contribution in [2.24, 2.45) is 0 Å². The van der Waals surface area contributed by atoms with Crippen LogP contribution in [0.25, 0.3) is 16.9 Å². The van der Waals surface area contributed by atoms with Crippen molar-refractivity contribution in [1.29, 1.82) is 5.26 Å². The zero-order valence-electron chi connectivity index (χ0n) is 24.3. The van der Waals surface area contributed by atoms with Gasteiger partial charge in [0.15, 0.2) is 17.5 Å². The maximum atomic E-state index is 16.3. The highest BCUT2D eigenvalue weighted by Crippen LogP contribution is 2.31. The van der Waals surface area contributed by atoms with E-state index in [0.717, 1.165) is 29.9 Å². The number of piperazine rings is 1. The molecule has 2 saturated heterocycles. The normalized spacial score (nSPS) is 17.2. The topological polar surface area (TPSA) is 122 Å². The van der Waals surface area contributed by atoms with E-state index in [1.165, 1.54) is 0 Å². The molecule has 6 heterocycles. The predicted octanol–water partition coefficient (Wildman–Crippen LogP) is 3.03. The SMILES string of the molecule is CN(C)c1cc(N2CCN(c3nc(-c4cnn5ccccc45)nc(N[C@@H]4CCCN(C(=O)CC#N)C4)c3F)CC2)ccn1. The number of fused-ring (bicyclic) bond motifs is 1. The third-order valence-corrected chi connectivity index (χ3v) is 7.98. The molecular weight excluding hydrogens is 549 g/mol. The lowest BCUT2D eigenvalue weighted by Crippen LogP contribution is -2.47. The Balaban J connectivity index is 1.29. The van der Waals surface area contributed by atoms with E-state index in [1.807, 2.05) is 66.6 Å². The van der Waals surface area contributed by atoms with Gasteiger partial charge in [-0.3, -0.25) is 4.79 Å². The Morgan fingerprint density at radius 3 is 2.74 bits per heavy atom. The summed E-state index contributed by atoms with van der Waals surface area (Å²) >= 11 is 0. The first-order chi connectivity index (χ1) is 20.9. The molecule has 222 valence electrons. The molecule has 0 aliphatic carbocycles. The highest BCUT2D eigenvalue weighted by atomic mass is 19.1. The molecule has 2 fully saturated rings. The molecule has 0 unspecified atom stereocenters. The highest BCUT2D eigenvalue weighted by Gasteiger charge is 2.29. The number of nitriles is 1. The summed E-state index contributed by atoms with van der Waals surface area (Å²) in [6.45, 7) is 3.48. The summed E-state index contributed by atoms with van der Waals surface area (Å²) in [5.41, 5.74) is 2.59. The number of nitrogens with zero attached hydrogens (tertiary/aromatic N) is 10. The van der Waals surface area contributed by atoms with Crippen molar-refractivity contribution in [2.45, 2.75) is 25.3 Å². The molecule has 0 saturated carbocycles. The lowest BCUT2D eigenvalue weighted by atomic mass is 10.1. The van der Waals surface area contributed by atoms with Crippen LogP contribution in [-0.2, 0) is 4.79 Å². The smallest absolute Gasteiger partial charge is 0.236 e. The van der Waals surface area contributed by atoms with E-state index in [9.17, 15) is 4.79 Å². The number of carbonyl (C=O) groups excluding carboxylic acids is 1. The number of carbonyl (C=O) groups is 1. The van der Waals surface area contributed by atoms with Crippen molar-refractivity contribution in [3.8, 4) is 17.5 Å². The Morgan fingerprint density at radius 2 is 1.95 bits per heavy atom. The van der Waals surface area contributed by atoms with Crippen molar-refractivity contribution in [2.75, 3.05) is 73.4 Å². The summed E-state index contributed by atoms with van der Waals surface area (Å²) in [6.07, 6.45) is 6.68. The van der Waals surface area contributed by atoms with Gasteiger partial charge in [0.2, 0.25) is 11.7 Å². The third kappa shape index (κ3) is 5.86. The van der Waals surface area contributed by atoms with Crippen LogP contribution in [0.15, 0.2) is 48.9 Å². The Kier molecular flexibility index (Phi) is 7.91. The summed E-state index contributed by atoms with van der Waals surface area (Å²) < 4.78 is 18.0. The van der Waals surface area contributed by atoms with Gasteiger partial charge in [0, 0.05) is 83.6 Å². The molecular formula is C30H34FN11O. The van der Waals surface area contributed by atoms with Crippen molar-refractivity contribution >= 4 is 34.6 Å². The van der Waals surface area contributed by atoms with Crippen LogP contribution in [0.5, 0.6) is 0 Å². The summed E-state index contributed by atoms with van der Waals surface area (Å²) in [6, 6.07) is 11.5. The van der Waals surface area contributed by atoms with Crippen LogP contribution in [-0.4, -0.2) is 94.8 Å². The van der Waals surface area contributed by atoms with E-state index >= 15 is 4.39 Å². The van der Waals surface area contributed by atoms with Gasteiger partial charge in [0.05, 0.1) is 23.3 Å². The second kappa shape index (κ2) is 12.1. The minimum absolute atomic E-state index is 0.0991. The van der Waals surface area contributed by atoms with Crippen LogP contribution in [0.3, 0.4) is 0 Å². The van der Waals surface area contributed by atoms with E-state index in [4.69, 9.17) is 10.2 Å². The highest BCUT2D eigenvalue weighted by molar-refractivity contribution is 5.79. The van der Waals surface area contributed by atoms with Crippen LogP contribution < -0.4 is 20.0 Å². The van der Waals surface area contributed by atoms with Gasteiger partial charge < -0.3 is 24.9 Å². The van der Waals surface area contributed by atoms with Crippen molar-refractivity contribution in [3.05, 3.63) is 54.7 Å². The standard InChI is InChI=1S/C30H34FN11O/c1-38(2)25-18-22(9-11-33-25)39-14-16-40(17-15-39)30-27(31)29(35-21-6-5-12-41(20-21)26(43)8-10-32)36-28(37-30)23-19-34-42-13-4-3-7-24(23)42/h3-4,7,9,11,13,18-19,21H,5-6,8,12,14-17,20H2,1-2H3,(H,35,36,37)/t21-/m1/s1. The zero-order valence-corrected chi connectivity index (χ0v) is 24.3. The Hall–Kier alpha value is -4.99. The van der Waals surface area contributed by atoms with Gasteiger partial charge in [0.25, 0.3) is 0 Å². The minimum Gasteiger partial charge on any atom is -0.368 e. The molecule has 43 heavy (non-hydrogen) atoms. The van der Waals surface area contributed by atoms with Crippen molar-refractivity contribution in [3.63, 3.8) is 0 Å². The Bertz CT molecular complexity index is 1660. The van der Waals surface area contributed by atoms with Crippen molar-refractivity contribution < 1.29 is 9.18 Å². The average molecular weight is 584 g/mol. The van der Waals surface area contributed by atoms with E-state index in [2.05, 4.69) is 31.3 Å². The molecule has 4 aromatic rings. The molecule has 12 nitrogen and oxygen atoms in total. The van der Waals surface area contributed by atoms with Gasteiger partial charge in [-0.2, -0.15) is 14.8 Å². The lowest BCUT2D eigenvalue weighted by molar-refractivity contribution is -0.131. The minimum atomic E-state index is -0.520. The fourth-order valence-electron chi connectivity index (χ4n) is 5.69. The molecule has 2 aliphatic heterocycles. The summed E-state index contributed by atoms with van der Waals surface area (Å²) in [5.74, 6) is 0.857. The van der Waals surface area contributed by atoms with Crippen LogP contribution in [0.4, 0.5) is 27.5 Å². The lowest BCUT2D eigenvalue weighted by Gasteiger charge is -2.37. The molecule has 6 rings (SSSR count). The molecule has 0 bridgehead atoms. The van der Waals surface area contributed by atoms with Crippen LogP contribution in [0, 0.1) is 17.1 Å². The number of amides is 1. The molecule has 2 aliphatic rings. The maximum absolute atomic E-state index is 16.3. The quantitative estimate of drug-likeness (QED) is 0.347. The number of likely N-dealkylation sites (tertiary alicyclic amines) is 1. The Morgan fingerprint density at radius 1 is 1.14 bits per heavy atom. The van der Waals surface area contributed by atoms with Gasteiger partial charge in [-0.05, 0) is 31.0 Å². The number of aromatic nitrogens is 5. The molecule has 0 aromatic carbocycles. The average Bonchev–Trinajstić information content (AvgIpc) is 3.47. The number of anilines is 4. The summed E-state index contributed by atoms with van der Waals surface area (Å²) in [7, 11) is 3.92. The maximum Gasteiger partial charge on any atom is 0.236 e. The fraction of sp³-hybridized carbons (Fsp3) is 0.400. The summed E-state index contributed by atoms with van der Waals surface area (Å²) in [5, 5.41) is 16.7. The largest absolute Gasteiger partial charge is 0.368 e. The third-order valence-electron chi connectivity index (χ3n) is 7.98. The molecule has 0 spiro atoms. The second-order valence-electron chi connectivity index (χ2n) is 11.0. The van der Waals surface area contributed by atoms with E-state index in [-0.39, 0.29) is 30.0 Å². The summed E-state index contributed by atoms with van der Waals surface area (Å²) in [4.78, 5) is 34.1. The van der Waals surface area contributed by atoms with Crippen LogP contribution in [0.1, 0.15) is 19.3 Å². The first-order valence-corrected chi connectivity index (χ1v) is 14.5. The van der Waals surface area contributed by atoms with Gasteiger partial charge in [-0.25, -0.2) is 19.5 Å². The number of pyridine rings is 2. The van der Waals surface area contributed by atoms with Crippen LogP contribution in [0.2, 0.25) is 0 Å². The molecule has 13 heteroatoms. The number of piperidine rings is 1. The van der Waals surface area contributed by atoms with Gasteiger partial charge in [-0.15, -0.1) is 0 Å². The molecule has 1 N–H and O–H groups in total. The number of halogens is 1. The number of hydrogen-bond donors (Lipinski definition) is 1. The number of hydrogen-bond acceptors (Lipinski definition) is 10. The van der Waals surface area contributed by atoms with Gasteiger partial charge in [-0.1, -0.05) is 6.07 Å². The first kappa shape index (κ1) is 28.1. The number of nitrogens with one attached hydrogen (secondary N) is 1. The van der Waals surface area contributed by atoms with Gasteiger partial charge >= 0.3 is 0 Å². The van der Waals surface area contributed by atoms with E-state index in [0.29, 0.717) is 50.7 Å². The number of rotatable bonds is 7. The zero-order chi connectivity index (χ0) is 29.9. The molecule has 4 aromatic heterocycles. The molecule has 1 atom stereocenters. The molecule has 1 amide bonds. The first-order valence-electron chi connectivity index (χ1n) is 14.5. The fourth-order valence-corrected chi connectivity index (χ4v) is 5.69. The monoisotopic (exact) mass is 583 g/mol. The van der Waals surface area contributed by atoms with Gasteiger partial charge in [0.1, 0.15) is 12.2 Å². The predicted molar refractivity (Wildman–Crippen MR) is 163 cm³/mol. The second-order valence-corrected chi connectivity index (χ2v) is 11.0. The van der Waals surface area contributed by atoms with Crippen LogP contribution >= 0.6 is 0 Å². The molecule has 0 radical (unpaired) electrons.